The molecule has 162 valence electrons. The van der Waals surface area contributed by atoms with Crippen LogP contribution in [0.5, 0.6) is 0 Å². The number of ether oxygens (including phenoxy) is 2. The number of hydrogen-bond donors (Lipinski definition) is 2. The predicted molar refractivity (Wildman–Crippen MR) is 126 cm³/mol. The summed E-state index contributed by atoms with van der Waals surface area (Å²) in [6.07, 6.45) is 3.66. The molecule has 2 aliphatic rings. The number of rotatable bonds is 9. The molecule has 0 radical (unpaired) electrons. The molecule has 1 unspecified atom stereocenters. The highest BCUT2D eigenvalue weighted by Gasteiger charge is 2.21. The Kier molecular flexibility index (Phi) is 10.7. The first-order valence-electron chi connectivity index (χ1n) is 10.3. The molecular formula is C21H33IN4O3. The van der Waals surface area contributed by atoms with Crippen LogP contribution in [-0.4, -0.2) is 58.4 Å². The zero-order valence-corrected chi connectivity index (χ0v) is 19.5. The number of hydrogen-bond acceptors (Lipinski definition) is 4. The lowest BCUT2D eigenvalue weighted by atomic mass is 10.1. The van der Waals surface area contributed by atoms with Gasteiger partial charge in [0.25, 0.3) is 0 Å². The van der Waals surface area contributed by atoms with Crippen LogP contribution in [0.3, 0.4) is 0 Å². The number of anilines is 1. The van der Waals surface area contributed by atoms with Crippen LogP contribution in [-0.2, 0) is 20.8 Å². The molecule has 2 heterocycles. The Hall–Kier alpha value is -1.39. The molecule has 1 aromatic rings. The summed E-state index contributed by atoms with van der Waals surface area (Å²) in [5.41, 5.74) is 2.14. The van der Waals surface area contributed by atoms with E-state index in [0.29, 0.717) is 18.9 Å². The lowest BCUT2D eigenvalue weighted by molar-refractivity contribution is -0.117. The summed E-state index contributed by atoms with van der Waals surface area (Å²) >= 11 is 0. The van der Waals surface area contributed by atoms with E-state index in [1.807, 2.05) is 17.0 Å². The van der Waals surface area contributed by atoms with E-state index in [2.05, 4.69) is 27.8 Å². The SMILES string of the molecule is CN=C(NCCCOCC1CCOC1)NCc1ccc(N2CCCC2=O)cc1.I. The number of benzene rings is 1. The number of nitrogens with one attached hydrogen (secondary N) is 2. The molecule has 2 N–H and O–H groups in total. The van der Waals surface area contributed by atoms with Gasteiger partial charge in [-0.15, -0.1) is 24.0 Å². The topological polar surface area (TPSA) is 75.2 Å². The van der Waals surface area contributed by atoms with Crippen molar-refractivity contribution in [1.29, 1.82) is 0 Å². The van der Waals surface area contributed by atoms with Crippen LogP contribution < -0.4 is 15.5 Å². The Labute approximate surface area is 190 Å². The van der Waals surface area contributed by atoms with Crippen molar-refractivity contribution in [2.24, 2.45) is 10.9 Å². The van der Waals surface area contributed by atoms with Crippen LogP contribution >= 0.6 is 24.0 Å². The van der Waals surface area contributed by atoms with Gasteiger partial charge in [0.1, 0.15) is 0 Å². The van der Waals surface area contributed by atoms with Crippen molar-refractivity contribution < 1.29 is 14.3 Å². The zero-order chi connectivity index (χ0) is 19.6. The Morgan fingerprint density at radius 2 is 2.14 bits per heavy atom. The van der Waals surface area contributed by atoms with E-state index in [-0.39, 0.29) is 29.9 Å². The normalized spacial score (nSPS) is 19.3. The second-order valence-corrected chi connectivity index (χ2v) is 7.33. The van der Waals surface area contributed by atoms with Gasteiger partial charge in [0.05, 0.1) is 13.2 Å². The number of aliphatic imine (C=N–C) groups is 1. The highest BCUT2D eigenvalue weighted by atomic mass is 127. The highest BCUT2D eigenvalue weighted by molar-refractivity contribution is 14.0. The highest BCUT2D eigenvalue weighted by Crippen LogP contribution is 2.21. The molecule has 0 saturated carbocycles. The van der Waals surface area contributed by atoms with Crippen molar-refractivity contribution in [3.8, 4) is 0 Å². The van der Waals surface area contributed by atoms with Gasteiger partial charge in [0.15, 0.2) is 5.96 Å². The summed E-state index contributed by atoms with van der Waals surface area (Å²) in [4.78, 5) is 17.9. The largest absolute Gasteiger partial charge is 0.381 e. The van der Waals surface area contributed by atoms with E-state index in [1.54, 1.807) is 7.05 Å². The summed E-state index contributed by atoms with van der Waals surface area (Å²) in [6, 6.07) is 8.15. The summed E-state index contributed by atoms with van der Waals surface area (Å²) in [7, 11) is 1.77. The predicted octanol–water partition coefficient (Wildman–Crippen LogP) is 2.54. The quantitative estimate of drug-likeness (QED) is 0.229. The van der Waals surface area contributed by atoms with Crippen molar-refractivity contribution >= 4 is 41.5 Å². The standard InChI is InChI=1S/C21H32N4O3.HI/c1-22-21(23-10-3-12-27-15-18-9-13-28-16-18)24-14-17-5-7-19(8-6-17)25-11-2-4-20(25)26;/h5-8,18H,2-4,9-16H2,1H3,(H2,22,23,24);1H. The summed E-state index contributed by atoms with van der Waals surface area (Å²) < 4.78 is 11.1. The average Bonchev–Trinajstić information content (AvgIpc) is 3.39. The third kappa shape index (κ3) is 7.75. The fraction of sp³-hybridized carbons (Fsp3) is 0.619. The molecule has 3 rings (SSSR count). The number of nitrogens with zero attached hydrogens (tertiary/aromatic N) is 2. The number of amides is 1. The Morgan fingerprint density at radius 1 is 1.31 bits per heavy atom. The first kappa shape index (κ1) is 23.9. The molecule has 0 bridgehead atoms. The first-order valence-corrected chi connectivity index (χ1v) is 10.3. The maximum atomic E-state index is 11.8. The summed E-state index contributed by atoms with van der Waals surface area (Å²) in [5, 5.41) is 6.63. The third-order valence-electron chi connectivity index (χ3n) is 5.14. The van der Waals surface area contributed by atoms with Gasteiger partial charge in [-0.05, 0) is 37.0 Å². The van der Waals surface area contributed by atoms with Gasteiger partial charge in [0, 0.05) is 57.9 Å². The summed E-state index contributed by atoms with van der Waals surface area (Å²) in [6.45, 7) is 5.58. The van der Waals surface area contributed by atoms with Gasteiger partial charge in [-0.2, -0.15) is 0 Å². The molecule has 1 aromatic carbocycles. The van der Waals surface area contributed by atoms with Gasteiger partial charge in [0.2, 0.25) is 5.91 Å². The number of halogens is 1. The molecule has 29 heavy (non-hydrogen) atoms. The van der Waals surface area contributed by atoms with Crippen molar-refractivity contribution in [3.63, 3.8) is 0 Å². The number of carbonyl (C=O) groups excluding carboxylic acids is 1. The van der Waals surface area contributed by atoms with E-state index in [9.17, 15) is 4.79 Å². The van der Waals surface area contributed by atoms with Crippen LogP contribution in [0.4, 0.5) is 5.69 Å². The molecule has 7 nitrogen and oxygen atoms in total. The zero-order valence-electron chi connectivity index (χ0n) is 17.2. The van der Waals surface area contributed by atoms with E-state index in [0.717, 1.165) is 76.0 Å². The third-order valence-corrected chi connectivity index (χ3v) is 5.14. The van der Waals surface area contributed by atoms with E-state index in [1.165, 1.54) is 0 Å². The van der Waals surface area contributed by atoms with Crippen molar-refractivity contribution in [2.75, 3.05) is 51.5 Å². The van der Waals surface area contributed by atoms with Crippen LogP contribution in [0.25, 0.3) is 0 Å². The van der Waals surface area contributed by atoms with Crippen molar-refractivity contribution in [1.82, 2.24) is 10.6 Å². The smallest absolute Gasteiger partial charge is 0.227 e. The minimum atomic E-state index is 0. The van der Waals surface area contributed by atoms with Gasteiger partial charge >= 0.3 is 0 Å². The van der Waals surface area contributed by atoms with Crippen LogP contribution in [0.2, 0.25) is 0 Å². The molecule has 0 aromatic heterocycles. The summed E-state index contributed by atoms with van der Waals surface area (Å²) in [5.74, 6) is 1.57. The van der Waals surface area contributed by atoms with Crippen LogP contribution in [0.15, 0.2) is 29.3 Å². The van der Waals surface area contributed by atoms with Gasteiger partial charge < -0.3 is 25.0 Å². The van der Waals surface area contributed by atoms with E-state index < -0.39 is 0 Å². The maximum Gasteiger partial charge on any atom is 0.227 e. The molecule has 8 heteroatoms. The molecule has 2 fully saturated rings. The lowest BCUT2D eigenvalue weighted by Gasteiger charge is -2.16. The Balaban J connectivity index is 0.00000300. The number of carbonyl (C=O) groups is 1. The monoisotopic (exact) mass is 516 g/mol. The minimum absolute atomic E-state index is 0. The lowest BCUT2D eigenvalue weighted by Crippen LogP contribution is -2.37. The first-order chi connectivity index (χ1) is 13.8. The van der Waals surface area contributed by atoms with Crippen molar-refractivity contribution in [3.05, 3.63) is 29.8 Å². The maximum absolute atomic E-state index is 11.8. The second kappa shape index (κ2) is 13.0. The van der Waals surface area contributed by atoms with Crippen LogP contribution in [0.1, 0.15) is 31.2 Å². The van der Waals surface area contributed by atoms with E-state index in [4.69, 9.17) is 9.47 Å². The van der Waals surface area contributed by atoms with Gasteiger partial charge in [-0.1, -0.05) is 12.1 Å². The van der Waals surface area contributed by atoms with Gasteiger partial charge in [-0.3, -0.25) is 9.79 Å². The Bertz CT molecular complexity index is 648. The van der Waals surface area contributed by atoms with Gasteiger partial charge in [-0.25, -0.2) is 0 Å². The number of guanidine groups is 1. The molecule has 1 amide bonds. The van der Waals surface area contributed by atoms with Crippen molar-refractivity contribution in [2.45, 2.75) is 32.2 Å². The fourth-order valence-electron chi connectivity index (χ4n) is 3.47. The molecule has 2 aliphatic heterocycles. The van der Waals surface area contributed by atoms with Crippen LogP contribution in [0, 0.1) is 5.92 Å². The second-order valence-electron chi connectivity index (χ2n) is 7.33. The Morgan fingerprint density at radius 3 is 2.79 bits per heavy atom. The molecular weight excluding hydrogens is 483 g/mol. The molecule has 0 aliphatic carbocycles. The molecule has 0 spiro atoms. The average molecular weight is 516 g/mol. The fourth-order valence-corrected chi connectivity index (χ4v) is 3.47. The molecule has 2 saturated heterocycles. The van der Waals surface area contributed by atoms with E-state index >= 15 is 0 Å². The minimum Gasteiger partial charge on any atom is -0.381 e. The molecule has 1 atom stereocenters.